The van der Waals surface area contributed by atoms with Gasteiger partial charge < -0.3 is 14.8 Å². The summed E-state index contributed by atoms with van der Waals surface area (Å²) in [5.74, 6) is -0.740. The van der Waals surface area contributed by atoms with E-state index in [9.17, 15) is 10.0 Å². The molecule has 0 rings (SSSR count). The quantitative estimate of drug-likeness (QED) is 0.190. The van der Waals surface area contributed by atoms with Gasteiger partial charge >= 0.3 is 5.97 Å². The molecular weight excluding hydrogens is 316 g/mol. The Hall–Kier alpha value is -0.650. The van der Waals surface area contributed by atoms with Crippen LogP contribution in [-0.4, -0.2) is 53.5 Å². The summed E-state index contributed by atoms with van der Waals surface area (Å²) in [7, 11) is 2.00. The number of nitrogens with one attached hydrogen (secondary N) is 1. The first-order valence-electron chi connectivity index (χ1n) is 10.4. The van der Waals surface area contributed by atoms with Crippen LogP contribution in [0.25, 0.3) is 0 Å². The molecule has 3 N–H and O–H groups in total. The summed E-state index contributed by atoms with van der Waals surface area (Å²) < 4.78 is 0.561. The molecule has 5 heteroatoms. The number of carbonyl (C=O) groups is 1. The Morgan fingerprint density at radius 2 is 1.44 bits per heavy atom. The van der Waals surface area contributed by atoms with Crippen molar-refractivity contribution < 1.29 is 19.6 Å². The second-order valence-corrected chi connectivity index (χ2v) is 7.80. The SMILES string of the molecule is CCCCCCCCCCCC(CCC[N+](C)(CC)CC(=O)O)NO. The number of likely N-dealkylation sites (N-methyl/N-ethyl adjacent to an activating group) is 1. The molecule has 150 valence electrons. The zero-order valence-corrected chi connectivity index (χ0v) is 16.9. The van der Waals surface area contributed by atoms with E-state index in [1.54, 1.807) is 0 Å². The third kappa shape index (κ3) is 14.2. The molecule has 0 aromatic rings. The Kier molecular flexibility index (Phi) is 15.2. The fraction of sp³-hybridized carbons (Fsp3) is 0.950. The van der Waals surface area contributed by atoms with Gasteiger partial charge in [-0.05, 0) is 26.2 Å². The summed E-state index contributed by atoms with van der Waals surface area (Å²) in [6, 6.07) is 0.139. The van der Waals surface area contributed by atoms with Crippen molar-refractivity contribution in [3.8, 4) is 0 Å². The minimum absolute atomic E-state index is 0.139. The molecule has 0 aliphatic rings. The summed E-state index contributed by atoms with van der Waals surface area (Å²) in [5.41, 5.74) is 2.45. The zero-order valence-electron chi connectivity index (χ0n) is 16.9. The van der Waals surface area contributed by atoms with Gasteiger partial charge in [-0.1, -0.05) is 64.7 Å². The Morgan fingerprint density at radius 1 is 0.920 bits per heavy atom. The number of nitrogens with zero attached hydrogens (tertiary/aromatic N) is 1. The first kappa shape index (κ1) is 24.4. The summed E-state index contributed by atoms with van der Waals surface area (Å²) in [4.78, 5) is 11.0. The standard InChI is InChI=1S/C20H42N2O3/c1-4-6-7-8-9-10-11-12-13-15-19(21-25)16-14-17-22(3,5-2)18-20(23)24/h19,21,25H,4-18H2,1-3H3/p+1. The second-order valence-electron chi connectivity index (χ2n) is 7.80. The van der Waals surface area contributed by atoms with Gasteiger partial charge in [0.2, 0.25) is 0 Å². The summed E-state index contributed by atoms with van der Waals surface area (Å²) in [6.07, 6.45) is 14.7. The van der Waals surface area contributed by atoms with Crippen molar-refractivity contribution in [1.82, 2.24) is 5.48 Å². The maximum Gasteiger partial charge on any atom is 0.359 e. The number of aliphatic carboxylic acids is 1. The van der Waals surface area contributed by atoms with Crippen molar-refractivity contribution in [2.45, 2.75) is 96.9 Å². The number of carboxylic acids is 1. The molecule has 2 unspecified atom stereocenters. The van der Waals surface area contributed by atoms with Crippen LogP contribution in [0, 0.1) is 0 Å². The smallest absolute Gasteiger partial charge is 0.359 e. The topological polar surface area (TPSA) is 69.6 Å². The van der Waals surface area contributed by atoms with Crippen molar-refractivity contribution in [1.29, 1.82) is 0 Å². The second kappa shape index (κ2) is 15.6. The zero-order chi connectivity index (χ0) is 19.0. The number of hydrogen-bond acceptors (Lipinski definition) is 3. The lowest BCUT2D eigenvalue weighted by Gasteiger charge is -2.32. The monoisotopic (exact) mass is 359 g/mol. The molecule has 0 aliphatic carbocycles. The van der Waals surface area contributed by atoms with Gasteiger partial charge in [0.15, 0.2) is 6.54 Å². The van der Waals surface area contributed by atoms with Gasteiger partial charge in [-0.15, -0.1) is 0 Å². The molecule has 0 saturated heterocycles. The molecule has 5 nitrogen and oxygen atoms in total. The van der Waals surface area contributed by atoms with E-state index in [-0.39, 0.29) is 12.6 Å². The molecule has 25 heavy (non-hydrogen) atoms. The summed E-state index contributed by atoms with van der Waals surface area (Å²) in [6.45, 7) is 6.12. The molecule has 0 aliphatic heterocycles. The molecule has 0 saturated carbocycles. The fourth-order valence-electron chi connectivity index (χ4n) is 3.37. The normalized spacial score (nSPS) is 15.0. The van der Waals surface area contributed by atoms with Gasteiger partial charge in [-0.3, -0.25) is 0 Å². The Bertz CT molecular complexity index is 326. The van der Waals surface area contributed by atoms with Crippen LogP contribution in [0.3, 0.4) is 0 Å². The van der Waals surface area contributed by atoms with Crippen molar-refractivity contribution in [3.05, 3.63) is 0 Å². The van der Waals surface area contributed by atoms with Crippen LogP contribution in [0.4, 0.5) is 0 Å². The molecule has 0 bridgehead atoms. The van der Waals surface area contributed by atoms with Gasteiger partial charge in [0.1, 0.15) is 0 Å². The van der Waals surface area contributed by atoms with E-state index < -0.39 is 5.97 Å². The van der Waals surface area contributed by atoms with Crippen LogP contribution in [0.15, 0.2) is 0 Å². The highest BCUT2D eigenvalue weighted by Crippen LogP contribution is 2.14. The first-order valence-corrected chi connectivity index (χ1v) is 10.4. The van der Waals surface area contributed by atoms with Crippen LogP contribution in [-0.2, 0) is 4.79 Å². The van der Waals surface area contributed by atoms with Gasteiger partial charge in [0, 0.05) is 6.04 Å². The van der Waals surface area contributed by atoms with Crippen LogP contribution in [0.5, 0.6) is 0 Å². The molecule has 0 amide bonds. The average molecular weight is 360 g/mol. The van der Waals surface area contributed by atoms with Crippen molar-refractivity contribution >= 4 is 5.97 Å². The highest BCUT2D eigenvalue weighted by Gasteiger charge is 2.23. The maximum absolute atomic E-state index is 11.0. The first-order chi connectivity index (χ1) is 12.0. The van der Waals surface area contributed by atoms with E-state index in [1.807, 2.05) is 14.0 Å². The predicted molar refractivity (Wildman–Crippen MR) is 104 cm³/mol. The highest BCUT2D eigenvalue weighted by atomic mass is 16.5. The lowest BCUT2D eigenvalue weighted by Crippen LogP contribution is -2.48. The van der Waals surface area contributed by atoms with Gasteiger partial charge in [-0.25, -0.2) is 10.3 Å². The van der Waals surface area contributed by atoms with E-state index >= 15 is 0 Å². The molecule has 2 atom stereocenters. The van der Waals surface area contributed by atoms with Gasteiger partial charge in [-0.2, -0.15) is 0 Å². The molecule has 0 spiro atoms. The largest absolute Gasteiger partial charge is 0.477 e. The molecule has 0 aromatic heterocycles. The number of unbranched alkanes of at least 4 members (excludes halogenated alkanes) is 8. The fourth-order valence-corrected chi connectivity index (χ4v) is 3.37. The number of carboxylic acid groups (broad SMARTS) is 1. The molecule has 0 fully saturated rings. The van der Waals surface area contributed by atoms with E-state index in [0.717, 1.165) is 38.8 Å². The number of hydrogen-bond donors (Lipinski definition) is 3. The van der Waals surface area contributed by atoms with E-state index in [0.29, 0.717) is 4.48 Å². The molecule has 0 heterocycles. The van der Waals surface area contributed by atoms with E-state index in [2.05, 4.69) is 12.4 Å². The van der Waals surface area contributed by atoms with Crippen molar-refractivity contribution in [3.63, 3.8) is 0 Å². The highest BCUT2D eigenvalue weighted by molar-refractivity contribution is 5.67. The van der Waals surface area contributed by atoms with Gasteiger partial charge in [0.05, 0.1) is 20.1 Å². The molecule has 0 aromatic carbocycles. The number of rotatable bonds is 18. The van der Waals surface area contributed by atoms with Crippen molar-refractivity contribution in [2.75, 3.05) is 26.7 Å². The average Bonchev–Trinajstić information content (AvgIpc) is 2.58. The maximum atomic E-state index is 11.0. The van der Waals surface area contributed by atoms with Crippen LogP contribution >= 0.6 is 0 Å². The Labute approximate surface area is 155 Å². The van der Waals surface area contributed by atoms with E-state index in [4.69, 9.17) is 5.11 Å². The molecular formula is C20H43N2O3+. The Balaban J connectivity index is 3.73. The minimum Gasteiger partial charge on any atom is -0.477 e. The summed E-state index contributed by atoms with van der Waals surface area (Å²) >= 11 is 0. The minimum atomic E-state index is -0.740. The van der Waals surface area contributed by atoms with Gasteiger partial charge in [0.25, 0.3) is 0 Å². The lowest BCUT2D eigenvalue weighted by molar-refractivity contribution is -0.901. The van der Waals surface area contributed by atoms with Crippen molar-refractivity contribution in [2.24, 2.45) is 0 Å². The number of hydroxylamine groups is 1. The van der Waals surface area contributed by atoms with Crippen LogP contribution in [0.1, 0.15) is 90.9 Å². The van der Waals surface area contributed by atoms with E-state index in [1.165, 1.54) is 51.4 Å². The number of quaternary nitrogens is 1. The van der Waals surface area contributed by atoms with Crippen LogP contribution < -0.4 is 5.48 Å². The third-order valence-corrected chi connectivity index (χ3v) is 5.37. The van der Waals surface area contributed by atoms with Crippen LogP contribution in [0.2, 0.25) is 0 Å². The third-order valence-electron chi connectivity index (χ3n) is 5.37. The summed E-state index contributed by atoms with van der Waals surface area (Å²) in [5, 5.41) is 18.3. The predicted octanol–water partition coefficient (Wildman–Crippen LogP) is 4.59. The lowest BCUT2D eigenvalue weighted by atomic mass is 10.0. The molecule has 0 radical (unpaired) electrons. The Morgan fingerprint density at radius 3 is 1.92 bits per heavy atom.